The smallest absolute Gasteiger partial charge is 0.224 e. The molecule has 114 valence electrons. The fourth-order valence-corrected chi connectivity index (χ4v) is 4.49. The second kappa shape index (κ2) is 5.47. The third-order valence-corrected chi connectivity index (χ3v) is 5.73. The van der Waals surface area contributed by atoms with E-state index in [1.165, 1.54) is 6.20 Å². The Labute approximate surface area is 146 Å². The van der Waals surface area contributed by atoms with Crippen LogP contribution in [0.4, 0.5) is 0 Å². The highest BCUT2D eigenvalue weighted by Crippen LogP contribution is 2.29. The molecule has 0 amide bonds. The van der Waals surface area contributed by atoms with Gasteiger partial charge in [0.2, 0.25) is 0 Å². The zero-order valence-electron chi connectivity index (χ0n) is 11.7. The van der Waals surface area contributed by atoms with E-state index >= 15 is 0 Å². The van der Waals surface area contributed by atoms with Crippen LogP contribution in [-0.2, 0) is 10.0 Å². The molecule has 0 aliphatic carbocycles. The summed E-state index contributed by atoms with van der Waals surface area (Å²) in [6.45, 7) is 3.69. The van der Waals surface area contributed by atoms with Gasteiger partial charge in [-0.25, -0.2) is 22.4 Å². The van der Waals surface area contributed by atoms with Gasteiger partial charge in [0, 0.05) is 28.8 Å². The summed E-state index contributed by atoms with van der Waals surface area (Å²) in [5.74, 6) is 0. The number of benzene rings is 1. The highest BCUT2D eigenvalue weighted by Gasteiger charge is 2.23. The maximum atomic E-state index is 12.9. The molecule has 1 aromatic carbocycles. The van der Waals surface area contributed by atoms with Crippen molar-refractivity contribution in [3.05, 3.63) is 50.6 Å². The van der Waals surface area contributed by atoms with Crippen LogP contribution < -0.4 is 0 Å². The van der Waals surface area contributed by atoms with Crippen LogP contribution >= 0.6 is 34.2 Å². The van der Waals surface area contributed by atoms with Crippen molar-refractivity contribution in [2.45, 2.75) is 18.7 Å². The van der Waals surface area contributed by atoms with Gasteiger partial charge in [-0.15, -0.1) is 0 Å². The lowest BCUT2D eigenvalue weighted by Crippen LogP contribution is -2.13. The molecule has 3 aromatic rings. The first-order valence-corrected chi connectivity index (χ1v) is 9.23. The van der Waals surface area contributed by atoms with Gasteiger partial charge in [-0.3, -0.25) is 0 Å². The predicted octanol–water partition coefficient (Wildman–Crippen LogP) is 3.54. The fraction of sp³-hybridized carbons (Fsp3) is 0.143. The molecular formula is C14H11ClIN3O2S. The number of fused-ring (bicyclic) bond motifs is 1. The number of aryl methyl sites for hydroxylation is 2. The van der Waals surface area contributed by atoms with Gasteiger partial charge in [-0.2, -0.15) is 0 Å². The molecule has 0 N–H and O–H groups in total. The molecule has 2 heterocycles. The van der Waals surface area contributed by atoms with Crippen LogP contribution in [0.5, 0.6) is 0 Å². The minimum Gasteiger partial charge on any atom is -0.224 e. The van der Waals surface area contributed by atoms with E-state index in [-0.39, 0.29) is 10.0 Å². The lowest BCUT2D eigenvalue weighted by atomic mass is 10.2. The van der Waals surface area contributed by atoms with E-state index in [0.717, 1.165) is 9.54 Å². The summed E-state index contributed by atoms with van der Waals surface area (Å²) < 4.78 is 27.3. The van der Waals surface area contributed by atoms with Crippen molar-refractivity contribution in [3.8, 4) is 0 Å². The largest absolute Gasteiger partial charge is 0.269 e. The van der Waals surface area contributed by atoms with E-state index < -0.39 is 10.0 Å². The normalized spacial score (nSPS) is 12.0. The topological polar surface area (TPSA) is 64.8 Å². The van der Waals surface area contributed by atoms with Crippen molar-refractivity contribution in [1.29, 1.82) is 0 Å². The van der Waals surface area contributed by atoms with E-state index in [1.807, 2.05) is 29.5 Å². The molecule has 0 bridgehead atoms. The summed E-state index contributed by atoms with van der Waals surface area (Å²) in [5, 5.41) is 0.808. The maximum absolute atomic E-state index is 12.9. The monoisotopic (exact) mass is 447 g/mol. The molecule has 0 saturated carbocycles. The standard InChI is InChI=1S/C14H11ClIN3O2S/c1-8-3-5-10(6-4-8)22(20,21)19-7-9(2)11-12(15)17-14(16)18-13(11)19/h3-7H,1-2H3. The Morgan fingerprint density at radius 2 is 1.77 bits per heavy atom. The van der Waals surface area contributed by atoms with Crippen LogP contribution in [0.3, 0.4) is 0 Å². The molecule has 0 radical (unpaired) electrons. The van der Waals surface area contributed by atoms with Crippen LogP contribution in [0.25, 0.3) is 11.0 Å². The first-order valence-electron chi connectivity index (χ1n) is 6.33. The van der Waals surface area contributed by atoms with Crippen LogP contribution in [0.2, 0.25) is 5.15 Å². The summed E-state index contributed by atoms with van der Waals surface area (Å²) >= 11 is 8.05. The minimum atomic E-state index is -3.73. The Morgan fingerprint density at radius 1 is 1.14 bits per heavy atom. The van der Waals surface area contributed by atoms with Crippen molar-refractivity contribution in [3.63, 3.8) is 0 Å². The molecule has 0 aliphatic heterocycles. The molecule has 8 heteroatoms. The molecule has 0 atom stereocenters. The molecule has 5 nitrogen and oxygen atoms in total. The number of hydrogen-bond acceptors (Lipinski definition) is 4. The van der Waals surface area contributed by atoms with Crippen LogP contribution in [-0.4, -0.2) is 22.4 Å². The Hall–Kier alpha value is -1.19. The molecule has 22 heavy (non-hydrogen) atoms. The number of aromatic nitrogens is 3. The molecule has 0 spiro atoms. The molecule has 0 unspecified atom stereocenters. The summed E-state index contributed by atoms with van der Waals surface area (Å²) in [6, 6.07) is 6.69. The fourth-order valence-electron chi connectivity index (χ4n) is 2.20. The average Bonchev–Trinajstić information content (AvgIpc) is 2.77. The number of hydrogen-bond donors (Lipinski definition) is 0. The van der Waals surface area contributed by atoms with E-state index in [9.17, 15) is 8.42 Å². The van der Waals surface area contributed by atoms with Crippen LogP contribution in [0.1, 0.15) is 11.1 Å². The lowest BCUT2D eigenvalue weighted by molar-refractivity contribution is 0.588. The third kappa shape index (κ3) is 2.50. The van der Waals surface area contributed by atoms with Crippen molar-refractivity contribution in [2.75, 3.05) is 0 Å². The first-order chi connectivity index (χ1) is 10.3. The van der Waals surface area contributed by atoms with E-state index in [4.69, 9.17) is 11.6 Å². The first kappa shape index (κ1) is 15.7. The van der Waals surface area contributed by atoms with E-state index in [0.29, 0.717) is 20.4 Å². The van der Waals surface area contributed by atoms with Crippen LogP contribution in [0, 0.1) is 17.7 Å². The number of nitrogens with zero attached hydrogens (tertiary/aromatic N) is 3. The average molecular weight is 448 g/mol. The summed E-state index contributed by atoms with van der Waals surface area (Å²) in [4.78, 5) is 8.52. The van der Waals surface area contributed by atoms with Gasteiger partial charge in [0.25, 0.3) is 10.0 Å². The summed E-state index contributed by atoms with van der Waals surface area (Å²) in [6.07, 6.45) is 1.52. The zero-order valence-corrected chi connectivity index (χ0v) is 15.4. The lowest BCUT2D eigenvalue weighted by Gasteiger charge is -2.07. The second-order valence-electron chi connectivity index (χ2n) is 4.91. The maximum Gasteiger partial charge on any atom is 0.269 e. The highest BCUT2D eigenvalue weighted by atomic mass is 127. The van der Waals surface area contributed by atoms with Crippen molar-refractivity contribution < 1.29 is 8.42 Å². The van der Waals surface area contributed by atoms with Crippen molar-refractivity contribution in [1.82, 2.24) is 13.9 Å². The summed E-state index contributed by atoms with van der Waals surface area (Å²) in [5.41, 5.74) is 2.00. The quantitative estimate of drug-likeness (QED) is 0.342. The zero-order chi connectivity index (χ0) is 16.1. The van der Waals surface area contributed by atoms with Gasteiger partial charge in [0.1, 0.15) is 5.15 Å². The van der Waals surface area contributed by atoms with Gasteiger partial charge < -0.3 is 0 Å². The van der Waals surface area contributed by atoms with Gasteiger partial charge >= 0.3 is 0 Å². The Balaban J connectivity index is 2.32. The molecule has 0 saturated heterocycles. The number of halogens is 2. The third-order valence-electron chi connectivity index (χ3n) is 3.31. The molecule has 3 rings (SSSR count). The number of rotatable bonds is 2. The molecule has 2 aromatic heterocycles. The molecule has 0 aliphatic rings. The SMILES string of the molecule is Cc1ccc(S(=O)(=O)n2cc(C)c3c(Cl)nc(I)nc32)cc1. The Bertz CT molecular complexity index is 981. The van der Waals surface area contributed by atoms with E-state index in [1.54, 1.807) is 31.2 Å². The predicted molar refractivity (Wildman–Crippen MR) is 93.8 cm³/mol. The van der Waals surface area contributed by atoms with Gasteiger partial charge in [0.05, 0.1) is 10.3 Å². The highest BCUT2D eigenvalue weighted by molar-refractivity contribution is 14.1. The van der Waals surface area contributed by atoms with Crippen molar-refractivity contribution >= 4 is 55.2 Å². The molecular weight excluding hydrogens is 437 g/mol. The summed E-state index contributed by atoms with van der Waals surface area (Å²) in [7, 11) is -3.73. The van der Waals surface area contributed by atoms with Gasteiger partial charge in [0.15, 0.2) is 9.48 Å². The molecule has 0 fully saturated rings. The Kier molecular flexibility index (Phi) is 3.90. The van der Waals surface area contributed by atoms with Crippen molar-refractivity contribution in [2.24, 2.45) is 0 Å². The second-order valence-corrected chi connectivity index (χ2v) is 8.05. The van der Waals surface area contributed by atoms with E-state index in [2.05, 4.69) is 9.97 Å². The van der Waals surface area contributed by atoms with Crippen LogP contribution in [0.15, 0.2) is 35.4 Å². The minimum absolute atomic E-state index is 0.208. The van der Waals surface area contributed by atoms with Gasteiger partial charge in [-0.1, -0.05) is 29.3 Å². The Morgan fingerprint density at radius 3 is 2.41 bits per heavy atom. The van der Waals surface area contributed by atoms with Gasteiger partial charge in [-0.05, 0) is 31.5 Å².